The molecule has 0 atom stereocenters. The summed E-state index contributed by atoms with van der Waals surface area (Å²) in [6.45, 7) is 2.62. The maximum absolute atomic E-state index is 12.6. The summed E-state index contributed by atoms with van der Waals surface area (Å²) in [5.41, 5.74) is -5.48. The Hall–Kier alpha value is -1.61. The second-order valence-corrected chi connectivity index (χ2v) is 7.26. The Labute approximate surface area is 138 Å². The third-order valence-electron chi connectivity index (χ3n) is 3.08. The minimum Gasteiger partial charge on any atom is -0.375 e. The van der Waals surface area contributed by atoms with E-state index in [1.165, 1.54) is 13.0 Å². The first-order chi connectivity index (χ1) is 10.4. The van der Waals surface area contributed by atoms with Gasteiger partial charge in [0.1, 0.15) is 0 Å². The number of aryl methyl sites for hydroxylation is 1. The summed E-state index contributed by atoms with van der Waals surface area (Å²) in [7, 11) is -5.90. The monoisotopic (exact) mass is 410 g/mol. The summed E-state index contributed by atoms with van der Waals surface area (Å²) in [5.74, 6) is -1.22. The lowest BCUT2D eigenvalue weighted by Gasteiger charge is -2.16. The first-order valence-electron chi connectivity index (χ1n) is 6.18. The molecule has 0 amide bonds. The molecule has 0 radical (unpaired) electrons. The van der Waals surface area contributed by atoms with Crippen LogP contribution in [0.5, 0.6) is 5.75 Å². The molecule has 2 aromatic carbocycles. The summed E-state index contributed by atoms with van der Waals surface area (Å²) in [6.07, 6.45) is 0. The molecular weight excluding hydrogens is 401 g/mol. The second kappa shape index (κ2) is 5.79. The van der Waals surface area contributed by atoms with E-state index in [0.717, 1.165) is 6.92 Å². The van der Waals surface area contributed by atoms with Crippen LogP contribution in [0.15, 0.2) is 28.7 Å². The van der Waals surface area contributed by atoms with Gasteiger partial charge in [-0.15, -0.1) is 0 Å². The highest BCUT2D eigenvalue weighted by Gasteiger charge is 2.49. The Morgan fingerprint density at radius 3 is 2.35 bits per heavy atom. The molecule has 0 unspecified atom stereocenters. The standard InChI is InChI=1S/C14H10BrF3O4S/c1-7-5-9-3-4-10(15)6-11(9)13(12(7)8(2)19)22-23(20,21)14(16,17)18/h3-6H,1-2H3. The van der Waals surface area contributed by atoms with Gasteiger partial charge in [0.05, 0.1) is 5.56 Å². The average Bonchev–Trinajstić information content (AvgIpc) is 2.37. The van der Waals surface area contributed by atoms with Crippen molar-refractivity contribution in [1.29, 1.82) is 0 Å². The summed E-state index contributed by atoms with van der Waals surface area (Å²) in [6, 6.07) is 6.18. The number of hydrogen-bond acceptors (Lipinski definition) is 4. The van der Waals surface area contributed by atoms with Crippen molar-refractivity contribution < 1.29 is 30.6 Å². The molecule has 4 nitrogen and oxygen atoms in total. The van der Waals surface area contributed by atoms with Crippen LogP contribution in [0, 0.1) is 6.92 Å². The van der Waals surface area contributed by atoms with E-state index in [2.05, 4.69) is 20.1 Å². The molecule has 0 aliphatic rings. The van der Waals surface area contributed by atoms with Gasteiger partial charge in [-0.3, -0.25) is 4.79 Å². The Morgan fingerprint density at radius 1 is 1.22 bits per heavy atom. The fraction of sp³-hybridized carbons (Fsp3) is 0.214. The number of alkyl halides is 3. The third kappa shape index (κ3) is 3.35. The molecule has 0 spiro atoms. The van der Waals surface area contributed by atoms with Crippen molar-refractivity contribution in [1.82, 2.24) is 0 Å². The van der Waals surface area contributed by atoms with E-state index in [1.807, 2.05) is 0 Å². The van der Waals surface area contributed by atoms with Gasteiger partial charge in [0.25, 0.3) is 0 Å². The lowest BCUT2D eigenvalue weighted by Crippen LogP contribution is -2.28. The highest BCUT2D eigenvalue weighted by molar-refractivity contribution is 9.10. The number of halogens is 4. The fourth-order valence-corrected chi connectivity index (χ4v) is 3.00. The lowest BCUT2D eigenvalue weighted by molar-refractivity contribution is -0.0499. The van der Waals surface area contributed by atoms with E-state index >= 15 is 0 Å². The molecule has 23 heavy (non-hydrogen) atoms. The number of benzene rings is 2. The van der Waals surface area contributed by atoms with Gasteiger partial charge >= 0.3 is 15.6 Å². The smallest absolute Gasteiger partial charge is 0.375 e. The van der Waals surface area contributed by atoms with Gasteiger partial charge in [-0.05, 0) is 36.9 Å². The van der Waals surface area contributed by atoms with E-state index in [4.69, 9.17) is 0 Å². The SMILES string of the molecule is CC(=O)c1c(C)cc2ccc(Br)cc2c1OS(=O)(=O)C(F)(F)F. The van der Waals surface area contributed by atoms with Crippen LogP contribution in [0.3, 0.4) is 0 Å². The van der Waals surface area contributed by atoms with Gasteiger partial charge in [0.15, 0.2) is 11.5 Å². The zero-order valence-corrected chi connectivity index (χ0v) is 14.3. The van der Waals surface area contributed by atoms with Crippen LogP contribution in [-0.2, 0) is 10.1 Å². The molecule has 0 saturated carbocycles. The summed E-state index contributed by atoms with van der Waals surface area (Å²) in [5, 5.41) is 0.533. The van der Waals surface area contributed by atoms with Crippen LogP contribution in [-0.4, -0.2) is 19.7 Å². The molecule has 124 valence electrons. The molecule has 0 saturated heterocycles. The number of Topliss-reactive ketones (excluding diaryl/α,β-unsaturated/α-hetero) is 1. The minimum absolute atomic E-state index is 0.0861. The number of fused-ring (bicyclic) bond motifs is 1. The van der Waals surface area contributed by atoms with Crippen LogP contribution in [0.4, 0.5) is 13.2 Å². The van der Waals surface area contributed by atoms with Crippen LogP contribution >= 0.6 is 15.9 Å². The Morgan fingerprint density at radius 2 is 1.83 bits per heavy atom. The normalized spacial score (nSPS) is 12.4. The number of hydrogen-bond donors (Lipinski definition) is 0. The van der Waals surface area contributed by atoms with Gasteiger partial charge in [-0.2, -0.15) is 21.6 Å². The molecule has 0 aliphatic heterocycles. The van der Waals surface area contributed by atoms with Crippen molar-refractivity contribution >= 4 is 42.6 Å². The number of rotatable bonds is 3. The number of ketones is 1. The Kier molecular flexibility index (Phi) is 4.46. The van der Waals surface area contributed by atoms with Crippen molar-refractivity contribution in [2.75, 3.05) is 0 Å². The molecule has 0 bridgehead atoms. The van der Waals surface area contributed by atoms with Crippen molar-refractivity contribution in [2.45, 2.75) is 19.4 Å². The Bertz CT molecular complexity index is 904. The van der Waals surface area contributed by atoms with Gasteiger partial charge in [-0.1, -0.05) is 28.1 Å². The van der Waals surface area contributed by atoms with Crippen LogP contribution in [0.1, 0.15) is 22.8 Å². The predicted molar refractivity (Wildman–Crippen MR) is 82.0 cm³/mol. The summed E-state index contributed by atoms with van der Waals surface area (Å²) < 4.78 is 65.4. The fourth-order valence-electron chi connectivity index (χ4n) is 2.15. The second-order valence-electron chi connectivity index (χ2n) is 4.80. The van der Waals surface area contributed by atoms with Crippen molar-refractivity contribution in [3.05, 3.63) is 39.9 Å². The average molecular weight is 411 g/mol. The van der Waals surface area contributed by atoms with E-state index in [1.54, 1.807) is 18.2 Å². The molecule has 2 aromatic rings. The van der Waals surface area contributed by atoms with Crippen LogP contribution in [0.2, 0.25) is 0 Å². The van der Waals surface area contributed by atoms with Crippen molar-refractivity contribution in [2.24, 2.45) is 0 Å². The maximum atomic E-state index is 12.6. The molecule has 0 N–H and O–H groups in total. The van der Waals surface area contributed by atoms with Gasteiger partial charge in [-0.25, -0.2) is 0 Å². The molecular formula is C14H10BrF3O4S. The number of carbonyl (C=O) groups excluding carboxylic acids is 1. The first-order valence-corrected chi connectivity index (χ1v) is 8.38. The van der Waals surface area contributed by atoms with E-state index in [0.29, 0.717) is 15.4 Å². The molecule has 0 aliphatic carbocycles. The zero-order valence-electron chi connectivity index (χ0n) is 11.9. The highest BCUT2D eigenvalue weighted by atomic mass is 79.9. The lowest BCUT2D eigenvalue weighted by atomic mass is 9.98. The third-order valence-corrected chi connectivity index (χ3v) is 4.53. The molecule has 0 heterocycles. The minimum atomic E-state index is -5.90. The van der Waals surface area contributed by atoms with E-state index < -0.39 is 27.2 Å². The molecule has 0 aromatic heterocycles. The Balaban J connectivity index is 2.85. The summed E-state index contributed by atoms with van der Waals surface area (Å²) >= 11 is 3.15. The van der Waals surface area contributed by atoms with Gasteiger partial charge in [0, 0.05) is 9.86 Å². The predicted octanol–water partition coefficient (Wildman–Crippen LogP) is 4.34. The topological polar surface area (TPSA) is 60.4 Å². The summed E-state index contributed by atoms with van der Waals surface area (Å²) in [4.78, 5) is 11.8. The van der Waals surface area contributed by atoms with E-state index in [-0.39, 0.29) is 10.9 Å². The molecule has 2 rings (SSSR count). The van der Waals surface area contributed by atoms with Crippen LogP contribution < -0.4 is 4.18 Å². The quantitative estimate of drug-likeness (QED) is 0.428. The molecule has 0 fully saturated rings. The largest absolute Gasteiger partial charge is 0.534 e. The van der Waals surface area contributed by atoms with E-state index in [9.17, 15) is 26.4 Å². The van der Waals surface area contributed by atoms with Crippen LogP contribution in [0.25, 0.3) is 10.8 Å². The maximum Gasteiger partial charge on any atom is 0.534 e. The highest BCUT2D eigenvalue weighted by Crippen LogP contribution is 2.38. The van der Waals surface area contributed by atoms with Gasteiger partial charge < -0.3 is 4.18 Å². The molecule has 9 heteroatoms. The van der Waals surface area contributed by atoms with Crippen molar-refractivity contribution in [3.63, 3.8) is 0 Å². The van der Waals surface area contributed by atoms with Crippen molar-refractivity contribution in [3.8, 4) is 5.75 Å². The van der Waals surface area contributed by atoms with Gasteiger partial charge in [0.2, 0.25) is 0 Å². The zero-order chi connectivity index (χ0) is 17.6. The first kappa shape index (κ1) is 17.7. The number of carbonyl (C=O) groups is 1.